The zero-order valence-electron chi connectivity index (χ0n) is 27.7. The van der Waals surface area contributed by atoms with Gasteiger partial charge in [-0.25, -0.2) is 9.37 Å². The van der Waals surface area contributed by atoms with Crippen molar-refractivity contribution in [1.82, 2.24) is 10.3 Å². The monoisotopic (exact) mass is 712 g/mol. The lowest BCUT2D eigenvalue weighted by Crippen LogP contribution is -2.30. The Kier molecular flexibility index (Phi) is 11.1. The normalized spacial score (nSPS) is 11.8. The standard InChI is InChI=1S/C41H33FN4O3S2/c1-26-16-20-29(21-17-26)36-27(2)50-41(45-36)46-40(49)37(30-10-5-3-6-11-30)51-34-15-9-14-33(25-34)43-39(48)35(24-28-18-22-32(42)23-19-28)44-38(47)31-12-7-4-8-13-31/h3-25,37H,1-2H3,(H,43,48)(H,44,47)(H,45,46,49)/b35-24-. The molecule has 6 rings (SSSR count). The predicted molar refractivity (Wildman–Crippen MR) is 204 cm³/mol. The van der Waals surface area contributed by atoms with Crippen molar-refractivity contribution < 1.29 is 18.8 Å². The minimum absolute atomic E-state index is 0.0289. The fourth-order valence-corrected chi connectivity index (χ4v) is 7.07. The maximum Gasteiger partial charge on any atom is 0.272 e. The highest BCUT2D eigenvalue weighted by atomic mass is 32.2. The van der Waals surface area contributed by atoms with Gasteiger partial charge in [0.1, 0.15) is 16.8 Å². The van der Waals surface area contributed by atoms with Gasteiger partial charge in [-0.2, -0.15) is 0 Å². The van der Waals surface area contributed by atoms with Crippen molar-refractivity contribution in [2.45, 2.75) is 24.0 Å². The number of carbonyl (C=O) groups is 3. The van der Waals surface area contributed by atoms with E-state index >= 15 is 0 Å². The summed E-state index contributed by atoms with van der Waals surface area (Å²) in [7, 11) is 0. The number of hydrogen-bond donors (Lipinski definition) is 3. The number of thioether (sulfide) groups is 1. The first-order valence-electron chi connectivity index (χ1n) is 16.0. The van der Waals surface area contributed by atoms with E-state index in [1.54, 1.807) is 48.5 Å². The minimum Gasteiger partial charge on any atom is -0.321 e. The highest BCUT2D eigenvalue weighted by Gasteiger charge is 2.24. The van der Waals surface area contributed by atoms with Crippen LogP contribution in [-0.4, -0.2) is 22.7 Å². The van der Waals surface area contributed by atoms with Crippen LogP contribution < -0.4 is 16.0 Å². The smallest absolute Gasteiger partial charge is 0.272 e. The highest BCUT2D eigenvalue weighted by molar-refractivity contribution is 8.00. The van der Waals surface area contributed by atoms with Gasteiger partial charge in [-0.1, -0.05) is 96.6 Å². The second-order valence-electron chi connectivity index (χ2n) is 11.6. The molecule has 6 aromatic rings. The zero-order valence-corrected chi connectivity index (χ0v) is 29.4. The van der Waals surface area contributed by atoms with Crippen molar-refractivity contribution in [2.24, 2.45) is 0 Å². The Morgan fingerprint density at radius 2 is 1.47 bits per heavy atom. The molecule has 0 fully saturated rings. The van der Waals surface area contributed by atoms with Gasteiger partial charge in [-0.15, -0.1) is 23.1 Å². The number of carbonyl (C=O) groups excluding carboxylic acids is 3. The average molecular weight is 713 g/mol. The van der Waals surface area contributed by atoms with E-state index < -0.39 is 22.9 Å². The van der Waals surface area contributed by atoms with Crippen molar-refractivity contribution in [3.8, 4) is 11.3 Å². The largest absolute Gasteiger partial charge is 0.321 e. The predicted octanol–water partition coefficient (Wildman–Crippen LogP) is 9.45. The van der Waals surface area contributed by atoms with Crippen LogP contribution in [0, 0.1) is 19.7 Å². The molecule has 0 bridgehead atoms. The maximum absolute atomic E-state index is 13.9. The molecule has 5 aromatic carbocycles. The van der Waals surface area contributed by atoms with Crippen LogP contribution in [0.5, 0.6) is 0 Å². The first kappa shape index (κ1) is 35.0. The van der Waals surface area contributed by atoms with Gasteiger partial charge in [0.05, 0.1) is 5.69 Å². The van der Waals surface area contributed by atoms with E-state index in [1.165, 1.54) is 53.4 Å². The molecule has 0 aliphatic carbocycles. The fourth-order valence-electron chi connectivity index (χ4n) is 5.15. The second-order valence-corrected chi connectivity index (χ2v) is 14.0. The lowest BCUT2D eigenvalue weighted by atomic mass is 10.1. The zero-order chi connectivity index (χ0) is 35.7. The first-order valence-corrected chi connectivity index (χ1v) is 17.7. The van der Waals surface area contributed by atoms with Gasteiger partial charge in [0.2, 0.25) is 5.91 Å². The van der Waals surface area contributed by atoms with Crippen LogP contribution in [0.25, 0.3) is 17.3 Å². The van der Waals surface area contributed by atoms with Crippen LogP contribution in [0.1, 0.15) is 37.2 Å². The summed E-state index contributed by atoms with van der Waals surface area (Å²) in [6.45, 7) is 4.02. The summed E-state index contributed by atoms with van der Waals surface area (Å²) < 4.78 is 13.6. The summed E-state index contributed by atoms with van der Waals surface area (Å²) in [4.78, 5) is 47.0. The van der Waals surface area contributed by atoms with E-state index in [0.717, 1.165) is 32.2 Å². The molecule has 0 spiro atoms. The number of nitrogens with zero attached hydrogens (tertiary/aromatic N) is 1. The molecule has 10 heteroatoms. The van der Waals surface area contributed by atoms with Crippen LogP contribution in [0.15, 0.2) is 144 Å². The van der Waals surface area contributed by atoms with Gasteiger partial charge in [-0.05, 0) is 73.5 Å². The van der Waals surface area contributed by atoms with Crippen molar-refractivity contribution >= 4 is 57.7 Å². The number of anilines is 2. The third kappa shape index (κ3) is 9.24. The summed E-state index contributed by atoms with van der Waals surface area (Å²) in [6.07, 6.45) is 1.48. The van der Waals surface area contributed by atoms with E-state index in [9.17, 15) is 18.8 Å². The number of thiazole rings is 1. The van der Waals surface area contributed by atoms with E-state index in [1.807, 2.05) is 74.5 Å². The molecule has 51 heavy (non-hydrogen) atoms. The molecule has 1 atom stereocenters. The lowest BCUT2D eigenvalue weighted by molar-refractivity contribution is -0.116. The van der Waals surface area contributed by atoms with Gasteiger partial charge < -0.3 is 16.0 Å². The third-order valence-corrected chi connectivity index (χ3v) is 9.88. The second kappa shape index (κ2) is 16.2. The Hall–Kier alpha value is -5.84. The van der Waals surface area contributed by atoms with Crippen LogP contribution in [0.4, 0.5) is 15.2 Å². The molecule has 1 unspecified atom stereocenters. The summed E-state index contributed by atoms with van der Waals surface area (Å²) in [6, 6.07) is 38.8. The molecular weight excluding hydrogens is 680 g/mol. The van der Waals surface area contributed by atoms with Crippen LogP contribution in [0.3, 0.4) is 0 Å². The molecule has 0 aliphatic heterocycles. The highest BCUT2D eigenvalue weighted by Crippen LogP contribution is 2.38. The number of amides is 3. The molecule has 7 nitrogen and oxygen atoms in total. The van der Waals surface area contributed by atoms with Crippen LogP contribution in [0.2, 0.25) is 0 Å². The number of benzene rings is 5. The average Bonchev–Trinajstić information content (AvgIpc) is 3.51. The third-order valence-electron chi connectivity index (χ3n) is 7.75. The Morgan fingerprint density at radius 1 is 0.784 bits per heavy atom. The molecule has 3 amide bonds. The number of halogens is 1. The molecular formula is C41H33FN4O3S2. The summed E-state index contributed by atoms with van der Waals surface area (Å²) in [5, 5.41) is 8.46. The van der Waals surface area contributed by atoms with Crippen LogP contribution >= 0.6 is 23.1 Å². The number of nitrogens with one attached hydrogen (secondary N) is 3. The molecule has 1 heterocycles. The van der Waals surface area contributed by atoms with Crippen molar-refractivity contribution in [2.75, 3.05) is 10.6 Å². The summed E-state index contributed by atoms with van der Waals surface area (Å²) >= 11 is 2.76. The van der Waals surface area contributed by atoms with E-state index in [0.29, 0.717) is 21.9 Å². The Balaban J connectivity index is 1.22. The molecule has 0 aliphatic rings. The molecule has 0 radical (unpaired) electrons. The minimum atomic E-state index is -0.636. The molecule has 0 saturated heterocycles. The van der Waals surface area contributed by atoms with Gasteiger partial charge in [-0.3, -0.25) is 14.4 Å². The Labute approximate surface area is 303 Å². The van der Waals surface area contributed by atoms with Gasteiger partial charge in [0.25, 0.3) is 11.8 Å². The Morgan fingerprint density at radius 3 is 2.18 bits per heavy atom. The number of hydrogen-bond acceptors (Lipinski definition) is 6. The Bertz CT molecular complexity index is 2190. The van der Waals surface area contributed by atoms with Gasteiger partial charge in [0.15, 0.2) is 5.13 Å². The molecule has 1 aromatic heterocycles. The van der Waals surface area contributed by atoms with E-state index in [2.05, 4.69) is 16.0 Å². The van der Waals surface area contributed by atoms with Crippen molar-refractivity contribution in [3.05, 3.63) is 172 Å². The first-order chi connectivity index (χ1) is 24.7. The molecule has 254 valence electrons. The number of aromatic nitrogens is 1. The quantitative estimate of drug-likeness (QED) is 0.0918. The molecule has 0 saturated carbocycles. The SMILES string of the molecule is Cc1ccc(-c2nc(NC(=O)C(Sc3cccc(NC(=O)/C(=C/c4ccc(F)cc4)NC(=O)c4ccccc4)c3)c3ccccc3)sc2C)cc1. The molecule has 3 N–H and O–H groups in total. The lowest BCUT2D eigenvalue weighted by Gasteiger charge is -2.17. The van der Waals surface area contributed by atoms with Crippen LogP contribution in [-0.2, 0) is 9.59 Å². The number of rotatable bonds is 11. The van der Waals surface area contributed by atoms with E-state index in [4.69, 9.17) is 4.98 Å². The van der Waals surface area contributed by atoms with E-state index in [-0.39, 0.29) is 11.6 Å². The van der Waals surface area contributed by atoms with Crippen molar-refractivity contribution in [3.63, 3.8) is 0 Å². The fraction of sp³-hybridized carbons (Fsp3) is 0.0732. The number of aryl methyl sites for hydroxylation is 2. The summed E-state index contributed by atoms with van der Waals surface area (Å²) in [5.74, 6) is -1.71. The van der Waals surface area contributed by atoms with Crippen molar-refractivity contribution in [1.29, 1.82) is 0 Å². The topological polar surface area (TPSA) is 100 Å². The van der Waals surface area contributed by atoms with Gasteiger partial charge in [0, 0.05) is 26.6 Å². The van der Waals surface area contributed by atoms with Gasteiger partial charge >= 0.3 is 0 Å². The maximum atomic E-state index is 13.9. The summed E-state index contributed by atoms with van der Waals surface area (Å²) in [5.41, 5.74) is 5.09.